The molecule has 2 aliphatic rings. The molecule has 0 aliphatic carbocycles. The van der Waals surface area contributed by atoms with Crippen LogP contribution in [0.25, 0.3) is 0 Å². The quantitative estimate of drug-likeness (QED) is 0.813. The van der Waals surface area contributed by atoms with Gasteiger partial charge in [-0.1, -0.05) is 18.2 Å². The Labute approximate surface area is 172 Å². The fourth-order valence-electron chi connectivity index (χ4n) is 4.30. The molecule has 2 aliphatic heterocycles. The van der Waals surface area contributed by atoms with Crippen LogP contribution in [0.4, 0.5) is 21.9 Å². The predicted molar refractivity (Wildman–Crippen MR) is 117 cm³/mol. The number of benzene rings is 2. The smallest absolute Gasteiger partial charge is 0.319 e. The number of carbonyl (C=O) groups excluding carboxylic acids is 1. The van der Waals surface area contributed by atoms with Gasteiger partial charge in [-0.2, -0.15) is 0 Å². The van der Waals surface area contributed by atoms with Crippen molar-refractivity contribution in [3.8, 4) is 0 Å². The largest absolute Gasteiger partial charge is 0.373 e. The van der Waals surface area contributed by atoms with Gasteiger partial charge in [0.25, 0.3) is 0 Å². The average molecular weight is 395 g/mol. The van der Waals surface area contributed by atoms with Gasteiger partial charge in [-0.25, -0.2) is 4.79 Å². The Morgan fingerprint density at radius 2 is 1.79 bits per heavy atom. The molecule has 0 aromatic heterocycles. The van der Waals surface area contributed by atoms with Crippen LogP contribution in [-0.4, -0.2) is 55.9 Å². The van der Waals surface area contributed by atoms with E-state index in [1.54, 1.807) is 0 Å². The Hall–Kier alpha value is -2.57. The van der Waals surface area contributed by atoms with Crippen LogP contribution in [0, 0.1) is 0 Å². The maximum Gasteiger partial charge on any atom is 0.319 e. The molecule has 2 heterocycles. The Kier molecular flexibility index (Phi) is 6.02. The van der Waals surface area contributed by atoms with Gasteiger partial charge >= 0.3 is 6.03 Å². The number of nitrogens with zero attached hydrogens (tertiary/aromatic N) is 2. The van der Waals surface area contributed by atoms with Crippen molar-refractivity contribution in [1.29, 1.82) is 0 Å². The summed E-state index contributed by atoms with van der Waals surface area (Å²) in [6.07, 6.45) is 1.56. The number of anilines is 3. The Balaban J connectivity index is 1.25. The summed E-state index contributed by atoms with van der Waals surface area (Å²) in [5, 5.41) is 5.87. The first-order valence-electron chi connectivity index (χ1n) is 10.5. The molecule has 1 saturated heterocycles. The van der Waals surface area contributed by atoms with E-state index in [1.807, 2.05) is 12.1 Å². The fourth-order valence-corrected chi connectivity index (χ4v) is 4.30. The molecule has 2 N–H and O–H groups in total. The number of morpholine rings is 1. The highest BCUT2D eigenvalue weighted by Gasteiger charge is 2.22. The lowest BCUT2D eigenvalue weighted by atomic mass is 10.2. The number of fused-ring (bicyclic) bond motifs is 1. The van der Waals surface area contributed by atoms with E-state index < -0.39 is 0 Å². The average Bonchev–Trinajstić information content (AvgIpc) is 3.12. The van der Waals surface area contributed by atoms with Crippen molar-refractivity contribution >= 4 is 23.1 Å². The normalized spacial score (nSPS) is 21.7. The van der Waals surface area contributed by atoms with Crippen molar-refractivity contribution in [3.63, 3.8) is 0 Å². The van der Waals surface area contributed by atoms with E-state index in [0.29, 0.717) is 6.54 Å². The topological polar surface area (TPSA) is 56.8 Å². The summed E-state index contributed by atoms with van der Waals surface area (Å²) in [6, 6.07) is 16.4. The Morgan fingerprint density at radius 1 is 1.07 bits per heavy atom. The molecule has 6 nitrogen and oxygen atoms in total. The van der Waals surface area contributed by atoms with Gasteiger partial charge in [0.05, 0.1) is 12.2 Å². The molecule has 0 bridgehead atoms. The molecule has 0 radical (unpaired) electrons. The van der Waals surface area contributed by atoms with Gasteiger partial charge in [-0.3, -0.25) is 4.90 Å². The highest BCUT2D eigenvalue weighted by Crippen LogP contribution is 2.34. The minimum absolute atomic E-state index is 0.168. The Morgan fingerprint density at radius 3 is 2.55 bits per heavy atom. The Bertz CT molecular complexity index is 829. The highest BCUT2D eigenvalue weighted by molar-refractivity contribution is 5.89. The number of para-hydroxylation sites is 1. The number of hydrogen-bond acceptors (Lipinski definition) is 4. The van der Waals surface area contributed by atoms with Crippen LogP contribution in [0.3, 0.4) is 0 Å². The number of amides is 2. The number of hydrogen-bond donors (Lipinski definition) is 2. The summed E-state index contributed by atoms with van der Waals surface area (Å²) >= 11 is 0. The summed E-state index contributed by atoms with van der Waals surface area (Å²) in [4.78, 5) is 16.9. The van der Waals surface area contributed by atoms with Gasteiger partial charge in [0.2, 0.25) is 0 Å². The standard InChI is InChI=1S/C23H30N4O2/c1-17-15-26(16-18(2)29-17)14-12-24-23(28)25-20-7-9-21(10-8-20)27-13-11-19-5-3-4-6-22(19)27/h3-10,17-18H,11-16H2,1-2H3,(H2,24,25,28). The second kappa shape index (κ2) is 8.84. The predicted octanol–water partition coefficient (Wildman–Crippen LogP) is 3.61. The number of rotatable bonds is 5. The van der Waals surface area contributed by atoms with Crippen LogP contribution < -0.4 is 15.5 Å². The summed E-state index contributed by atoms with van der Waals surface area (Å²) in [5.41, 5.74) is 4.61. The first-order valence-corrected chi connectivity index (χ1v) is 10.5. The van der Waals surface area contributed by atoms with Crippen LogP contribution in [0.2, 0.25) is 0 Å². The van der Waals surface area contributed by atoms with Crippen LogP contribution in [-0.2, 0) is 11.2 Å². The third kappa shape index (κ3) is 4.89. The lowest BCUT2D eigenvalue weighted by Crippen LogP contribution is -2.48. The zero-order valence-corrected chi connectivity index (χ0v) is 17.2. The zero-order valence-electron chi connectivity index (χ0n) is 17.2. The highest BCUT2D eigenvalue weighted by atomic mass is 16.5. The summed E-state index contributed by atoms with van der Waals surface area (Å²) in [6.45, 7) is 8.45. The molecule has 0 saturated carbocycles. The van der Waals surface area contributed by atoms with E-state index in [0.717, 1.165) is 44.0 Å². The van der Waals surface area contributed by atoms with Gasteiger partial charge in [-0.05, 0) is 56.2 Å². The minimum atomic E-state index is -0.168. The van der Waals surface area contributed by atoms with E-state index in [-0.39, 0.29) is 18.2 Å². The summed E-state index contributed by atoms with van der Waals surface area (Å²) in [5.74, 6) is 0. The number of ether oxygens (including phenoxy) is 1. The number of carbonyl (C=O) groups is 1. The van der Waals surface area contributed by atoms with Gasteiger partial charge in [0.1, 0.15) is 0 Å². The lowest BCUT2D eigenvalue weighted by molar-refractivity contribution is -0.0672. The summed E-state index contributed by atoms with van der Waals surface area (Å²) in [7, 11) is 0. The third-order valence-corrected chi connectivity index (χ3v) is 5.53. The monoisotopic (exact) mass is 394 g/mol. The molecule has 154 valence electrons. The number of nitrogens with one attached hydrogen (secondary N) is 2. The molecule has 0 spiro atoms. The van der Waals surface area contributed by atoms with E-state index in [9.17, 15) is 4.79 Å². The van der Waals surface area contributed by atoms with Crippen LogP contribution >= 0.6 is 0 Å². The second-order valence-electron chi connectivity index (χ2n) is 7.98. The van der Waals surface area contributed by atoms with Crippen LogP contribution in [0.15, 0.2) is 48.5 Å². The maximum atomic E-state index is 12.2. The molecule has 6 heteroatoms. The van der Waals surface area contributed by atoms with E-state index in [4.69, 9.17) is 4.74 Å². The first-order chi connectivity index (χ1) is 14.1. The second-order valence-corrected chi connectivity index (χ2v) is 7.98. The fraction of sp³-hybridized carbons (Fsp3) is 0.435. The molecule has 2 amide bonds. The molecule has 4 rings (SSSR count). The van der Waals surface area contributed by atoms with Gasteiger partial charge in [0.15, 0.2) is 0 Å². The number of urea groups is 1. The molecule has 1 fully saturated rings. The zero-order chi connectivity index (χ0) is 20.2. The molecule has 2 aromatic carbocycles. The molecule has 2 unspecified atom stereocenters. The van der Waals surface area contributed by atoms with E-state index in [2.05, 4.69) is 70.7 Å². The molecule has 2 atom stereocenters. The van der Waals surface area contributed by atoms with Crippen molar-refractivity contribution in [2.75, 3.05) is 42.9 Å². The van der Waals surface area contributed by atoms with Crippen molar-refractivity contribution in [2.45, 2.75) is 32.5 Å². The first kappa shape index (κ1) is 19.7. The van der Waals surface area contributed by atoms with E-state index in [1.165, 1.54) is 11.3 Å². The summed E-state index contributed by atoms with van der Waals surface area (Å²) < 4.78 is 5.74. The molecular formula is C23H30N4O2. The van der Waals surface area contributed by atoms with E-state index >= 15 is 0 Å². The minimum Gasteiger partial charge on any atom is -0.373 e. The lowest BCUT2D eigenvalue weighted by Gasteiger charge is -2.35. The van der Waals surface area contributed by atoms with Gasteiger partial charge in [0, 0.05) is 49.8 Å². The molecule has 29 heavy (non-hydrogen) atoms. The van der Waals surface area contributed by atoms with Crippen LogP contribution in [0.5, 0.6) is 0 Å². The SMILES string of the molecule is CC1CN(CCNC(=O)Nc2ccc(N3CCc4ccccc43)cc2)CC(C)O1. The van der Waals surface area contributed by atoms with Crippen molar-refractivity contribution < 1.29 is 9.53 Å². The molecular weight excluding hydrogens is 364 g/mol. The van der Waals surface area contributed by atoms with Gasteiger partial charge in [-0.15, -0.1) is 0 Å². The third-order valence-electron chi connectivity index (χ3n) is 5.53. The van der Waals surface area contributed by atoms with Gasteiger partial charge < -0.3 is 20.3 Å². The van der Waals surface area contributed by atoms with Crippen molar-refractivity contribution in [2.24, 2.45) is 0 Å². The van der Waals surface area contributed by atoms with Crippen molar-refractivity contribution in [3.05, 3.63) is 54.1 Å². The van der Waals surface area contributed by atoms with Crippen LogP contribution in [0.1, 0.15) is 19.4 Å². The molecule has 2 aromatic rings. The van der Waals surface area contributed by atoms with Crippen molar-refractivity contribution in [1.82, 2.24) is 10.2 Å². The maximum absolute atomic E-state index is 12.2.